The first-order chi connectivity index (χ1) is 11.0. The average molecular weight is 395 g/mol. The second-order valence-corrected chi connectivity index (χ2v) is 8.82. The van der Waals surface area contributed by atoms with Crippen molar-refractivity contribution in [2.24, 2.45) is 5.92 Å². The van der Waals surface area contributed by atoms with Gasteiger partial charge in [-0.25, -0.2) is 8.42 Å². The molecule has 1 aromatic rings. The molecule has 0 radical (unpaired) electrons. The molecule has 1 rings (SSSR count). The number of hydrogen-bond donors (Lipinski definition) is 1. The number of sulfonamides is 1. The summed E-state index contributed by atoms with van der Waals surface area (Å²) in [4.78, 5) is 12.7. The number of rotatable bonds is 7. The lowest BCUT2D eigenvalue weighted by Crippen LogP contribution is -2.52. The van der Waals surface area contributed by atoms with Crippen LogP contribution in [0.3, 0.4) is 0 Å². The van der Waals surface area contributed by atoms with Crippen molar-refractivity contribution in [2.45, 2.75) is 46.2 Å². The van der Waals surface area contributed by atoms with Crippen molar-refractivity contribution in [2.75, 3.05) is 10.6 Å². The van der Waals surface area contributed by atoms with Crippen LogP contribution in [-0.2, 0) is 14.8 Å². The van der Waals surface area contributed by atoms with E-state index in [1.165, 1.54) is 12.1 Å². The Morgan fingerprint density at radius 3 is 2.29 bits per heavy atom. The Kier molecular flexibility index (Phi) is 7.38. The molecule has 0 saturated heterocycles. The minimum atomic E-state index is -3.74. The molecular formula is C16H24Cl2N2O3S. The second-order valence-electron chi connectivity index (χ2n) is 6.12. The van der Waals surface area contributed by atoms with E-state index in [0.29, 0.717) is 11.4 Å². The van der Waals surface area contributed by atoms with E-state index < -0.39 is 16.1 Å². The first kappa shape index (κ1) is 21.1. The zero-order chi connectivity index (χ0) is 18.7. The fraction of sp³-hybridized carbons (Fsp3) is 0.562. The van der Waals surface area contributed by atoms with Crippen molar-refractivity contribution in [3.63, 3.8) is 0 Å². The fourth-order valence-corrected chi connectivity index (χ4v) is 3.82. The van der Waals surface area contributed by atoms with E-state index in [4.69, 9.17) is 23.2 Å². The van der Waals surface area contributed by atoms with Crippen LogP contribution in [0, 0.1) is 5.92 Å². The summed E-state index contributed by atoms with van der Waals surface area (Å²) < 4.78 is 25.8. The van der Waals surface area contributed by atoms with Gasteiger partial charge in [-0.15, -0.1) is 0 Å². The van der Waals surface area contributed by atoms with E-state index in [9.17, 15) is 13.2 Å². The maximum Gasteiger partial charge on any atom is 0.244 e. The van der Waals surface area contributed by atoms with Gasteiger partial charge in [0.05, 0.1) is 17.0 Å². The first-order valence-corrected chi connectivity index (χ1v) is 10.3. The molecule has 1 amide bonds. The van der Waals surface area contributed by atoms with Crippen LogP contribution < -0.4 is 9.62 Å². The molecule has 0 saturated carbocycles. The molecule has 5 nitrogen and oxygen atoms in total. The van der Waals surface area contributed by atoms with Crippen molar-refractivity contribution in [1.29, 1.82) is 0 Å². The highest BCUT2D eigenvalue weighted by atomic mass is 35.5. The predicted molar refractivity (Wildman–Crippen MR) is 100 cm³/mol. The number of benzene rings is 1. The van der Waals surface area contributed by atoms with Gasteiger partial charge < -0.3 is 5.32 Å². The quantitative estimate of drug-likeness (QED) is 0.766. The summed E-state index contributed by atoms with van der Waals surface area (Å²) in [5, 5.41) is 3.42. The average Bonchev–Trinajstić information content (AvgIpc) is 2.45. The molecule has 0 aliphatic carbocycles. The maximum atomic E-state index is 12.7. The highest BCUT2D eigenvalue weighted by Gasteiger charge is 2.33. The Bertz CT molecular complexity index is 693. The van der Waals surface area contributed by atoms with Gasteiger partial charge in [-0.1, -0.05) is 44.0 Å². The highest BCUT2D eigenvalue weighted by molar-refractivity contribution is 7.92. The molecule has 0 bridgehead atoms. The number of halogens is 2. The molecule has 0 spiro atoms. The molecular weight excluding hydrogens is 371 g/mol. The topological polar surface area (TPSA) is 66.5 Å². The number of anilines is 1. The Balaban J connectivity index is 3.33. The lowest BCUT2D eigenvalue weighted by atomic mass is 10.1. The van der Waals surface area contributed by atoms with Crippen LogP contribution in [0.2, 0.25) is 10.0 Å². The summed E-state index contributed by atoms with van der Waals surface area (Å²) in [5.41, 5.74) is 0.200. The van der Waals surface area contributed by atoms with Crippen molar-refractivity contribution < 1.29 is 13.2 Å². The van der Waals surface area contributed by atoms with Crippen LogP contribution in [0.5, 0.6) is 0 Å². The summed E-state index contributed by atoms with van der Waals surface area (Å²) in [6.45, 7) is 7.59. The third-order valence-corrected chi connectivity index (χ3v) is 5.57. The smallest absolute Gasteiger partial charge is 0.244 e. The van der Waals surface area contributed by atoms with Crippen molar-refractivity contribution >= 4 is 44.8 Å². The molecule has 0 unspecified atom stereocenters. The minimum absolute atomic E-state index is 0.0807. The van der Waals surface area contributed by atoms with E-state index in [-0.39, 0.29) is 28.6 Å². The van der Waals surface area contributed by atoms with Crippen LogP contribution in [0.1, 0.15) is 34.1 Å². The van der Waals surface area contributed by atoms with Gasteiger partial charge in [0.25, 0.3) is 0 Å². The van der Waals surface area contributed by atoms with Crippen LogP contribution in [0.4, 0.5) is 5.69 Å². The van der Waals surface area contributed by atoms with E-state index in [2.05, 4.69) is 5.32 Å². The monoisotopic (exact) mass is 394 g/mol. The molecule has 0 heterocycles. The molecule has 8 heteroatoms. The Morgan fingerprint density at radius 1 is 1.25 bits per heavy atom. The molecule has 136 valence electrons. The van der Waals surface area contributed by atoms with Crippen LogP contribution in [-0.4, -0.2) is 32.7 Å². The molecule has 0 aromatic heterocycles. The predicted octanol–water partition coefficient (Wildman–Crippen LogP) is 3.70. The third kappa shape index (κ3) is 5.26. The zero-order valence-corrected chi connectivity index (χ0v) is 16.8. The summed E-state index contributed by atoms with van der Waals surface area (Å²) in [5.74, 6) is -0.131. The molecule has 1 N–H and O–H groups in total. The minimum Gasteiger partial charge on any atom is -0.352 e. The molecule has 1 aromatic carbocycles. The molecule has 0 fully saturated rings. The number of carbonyl (C=O) groups is 1. The Labute approximate surface area is 154 Å². The fourth-order valence-electron chi connectivity index (χ4n) is 2.18. The van der Waals surface area contributed by atoms with E-state index in [1.807, 2.05) is 20.8 Å². The van der Waals surface area contributed by atoms with Gasteiger partial charge in [0.15, 0.2) is 0 Å². The van der Waals surface area contributed by atoms with Crippen molar-refractivity contribution in [3.05, 3.63) is 28.2 Å². The summed E-state index contributed by atoms with van der Waals surface area (Å²) in [7, 11) is -3.74. The van der Waals surface area contributed by atoms with Crippen LogP contribution >= 0.6 is 23.2 Å². The SMILES string of the molecule is CC[C@@H](C(=O)N[C@H](C)C(C)C)N(c1cc(Cl)ccc1Cl)S(C)(=O)=O. The lowest BCUT2D eigenvalue weighted by molar-refractivity contribution is -0.123. The normalized spacial score (nSPS) is 14.3. The maximum absolute atomic E-state index is 12.7. The molecule has 0 aliphatic rings. The van der Waals surface area contributed by atoms with Crippen LogP contribution in [0.15, 0.2) is 18.2 Å². The van der Waals surface area contributed by atoms with Crippen molar-refractivity contribution in [1.82, 2.24) is 5.32 Å². The number of hydrogen-bond acceptors (Lipinski definition) is 3. The summed E-state index contributed by atoms with van der Waals surface area (Å²) in [6, 6.07) is 3.54. The Hall–Kier alpha value is -0.980. The Morgan fingerprint density at radius 2 is 1.83 bits per heavy atom. The second kappa shape index (κ2) is 8.41. The number of carbonyl (C=O) groups excluding carboxylic acids is 1. The zero-order valence-electron chi connectivity index (χ0n) is 14.5. The van der Waals surface area contributed by atoms with Gasteiger partial charge in [0.2, 0.25) is 15.9 Å². The van der Waals surface area contributed by atoms with Gasteiger partial charge in [-0.2, -0.15) is 0 Å². The van der Waals surface area contributed by atoms with Gasteiger partial charge in [0, 0.05) is 11.1 Å². The van der Waals surface area contributed by atoms with Gasteiger partial charge in [-0.3, -0.25) is 9.10 Å². The number of amides is 1. The lowest BCUT2D eigenvalue weighted by Gasteiger charge is -2.32. The number of nitrogens with one attached hydrogen (secondary N) is 1. The van der Waals surface area contributed by atoms with Gasteiger partial charge in [0.1, 0.15) is 6.04 Å². The molecule has 2 atom stereocenters. The third-order valence-electron chi connectivity index (χ3n) is 3.85. The number of nitrogens with zero attached hydrogens (tertiary/aromatic N) is 1. The van der Waals surface area contributed by atoms with E-state index in [1.54, 1.807) is 13.0 Å². The molecule has 24 heavy (non-hydrogen) atoms. The van der Waals surface area contributed by atoms with Crippen molar-refractivity contribution in [3.8, 4) is 0 Å². The highest BCUT2D eigenvalue weighted by Crippen LogP contribution is 2.33. The largest absolute Gasteiger partial charge is 0.352 e. The summed E-state index contributed by atoms with van der Waals surface area (Å²) in [6.07, 6.45) is 1.35. The standard InChI is InChI=1S/C16H24Cl2N2O3S/c1-6-14(16(21)19-11(4)10(2)3)20(24(5,22)23)15-9-12(17)7-8-13(15)18/h7-11,14H,6H2,1-5H3,(H,19,21)/t11-,14+/m1/s1. The first-order valence-electron chi connectivity index (χ1n) is 7.73. The van der Waals surface area contributed by atoms with Crippen LogP contribution in [0.25, 0.3) is 0 Å². The molecule has 0 aliphatic heterocycles. The van der Waals surface area contributed by atoms with Gasteiger partial charge >= 0.3 is 0 Å². The van der Waals surface area contributed by atoms with Gasteiger partial charge in [-0.05, 0) is 37.5 Å². The summed E-state index contributed by atoms with van der Waals surface area (Å²) >= 11 is 12.1. The van der Waals surface area contributed by atoms with E-state index in [0.717, 1.165) is 10.6 Å². The van der Waals surface area contributed by atoms with E-state index >= 15 is 0 Å².